The summed E-state index contributed by atoms with van der Waals surface area (Å²) >= 11 is 0. The monoisotopic (exact) mass is 860 g/mol. The highest BCUT2D eigenvalue weighted by Crippen LogP contribution is 2.40. The first-order chi connectivity index (χ1) is 28.1. The van der Waals surface area contributed by atoms with Crippen molar-refractivity contribution in [3.63, 3.8) is 0 Å². The molecule has 0 bridgehead atoms. The Hall–Kier alpha value is -5.50. The van der Waals surface area contributed by atoms with Gasteiger partial charge in [-0.25, -0.2) is 0 Å². The third-order valence-corrected chi connectivity index (χ3v) is 15.6. The first-order valence-corrected chi connectivity index (χ1v) is 22.6. The molecule has 330 valence electrons. The van der Waals surface area contributed by atoms with Crippen molar-refractivity contribution in [2.45, 2.75) is 110 Å². The van der Waals surface area contributed by atoms with E-state index in [9.17, 15) is 39.4 Å². The Morgan fingerprint density at radius 3 is 1.52 bits per heavy atom. The number of methoxy groups -OCH3 is 2. The smallest absolute Gasteiger partial charge is 0.302 e. The number of esters is 2. The molecule has 2 fully saturated rings. The van der Waals surface area contributed by atoms with E-state index < -0.39 is 71.5 Å². The van der Waals surface area contributed by atoms with Gasteiger partial charge in [0.05, 0.1) is 75.2 Å². The minimum Gasteiger partial charge on any atom is -0.493 e. The third kappa shape index (κ3) is 11.2. The molecule has 0 aliphatic carbocycles. The van der Waals surface area contributed by atoms with E-state index in [4.69, 9.17) is 32.8 Å². The first kappa shape index (κ1) is 47.2. The Morgan fingerprint density at radius 2 is 1.15 bits per heavy atom. The van der Waals surface area contributed by atoms with Crippen LogP contribution in [0.5, 0.6) is 23.0 Å². The predicted molar refractivity (Wildman–Crippen MR) is 218 cm³/mol. The van der Waals surface area contributed by atoms with Crippen LogP contribution >= 0.6 is 0 Å². The van der Waals surface area contributed by atoms with Crippen molar-refractivity contribution in [2.24, 2.45) is 0 Å². The molecule has 2 heterocycles. The lowest BCUT2D eigenvalue weighted by atomic mass is 10.1. The average molecular weight is 861 g/mol. The fourth-order valence-corrected chi connectivity index (χ4v) is 8.01. The van der Waals surface area contributed by atoms with Gasteiger partial charge in [0.2, 0.25) is 0 Å². The van der Waals surface area contributed by atoms with Crippen LogP contribution in [0, 0.1) is 20.2 Å². The summed E-state index contributed by atoms with van der Waals surface area (Å²) in [5.41, 5.74) is -1.49. The third-order valence-electron chi connectivity index (χ3n) is 11.1. The summed E-state index contributed by atoms with van der Waals surface area (Å²) in [6, 6.07) is 3.88. The van der Waals surface area contributed by atoms with Crippen molar-refractivity contribution in [1.29, 1.82) is 0 Å². The highest BCUT2D eigenvalue weighted by Gasteiger charge is 2.44. The largest absolute Gasteiger partial charge is 0.493 e. The number of nitro benzene ring substituents is 2. The maximum Gasteiger partial charge on any atom is 0.302 e. The van der Waals surface area contributed by atoms with Crippen LogP contribution in [-0.4, -0.2) is 123 Å². The molecule has 2 aromatic rings. The Bertz CT molecular complexity index is 1950. The van der Waals surface area contributed by atoms with Crippen LogP contribution < -0.4 is 18.9 Å². The topological polar surface area (TPSA) is 226 Å². The Kier molecular flexibility index (Phi) is 15.5. The molecule has 2 saturated heterocycles. The summed E-state index contributed by atoms with van der Waals surface area (Å²) in [7, 11) is 0.400. The molecule has 2 aliphatic heterocycles. The fraction of sp³-hybridized carbons (Fsp3) is 0.600. The van der Waals surface area contributed by atoms with Gasteiger partial charge in [-0.3, -0.25) is 39.4 Å². The van der Waals surface area contributed by atoms with Crippen molar-refractivity contribution >= 4 is 43.4 Å². The summed E-state index contributed by atoms with van der Waals surface area (Å²) in [6.07, 6.45) is 0.280. The number of carbonyl (C=O) groups is 4. The lowest BCUT2D eigenvalue weighted by Crippen LogP contribution is -2.46. The molecule has 0 saturated carbocycles. The molecule has 0 spiro atoms. The summed E-state index contributed by atoms with van der Waals surface area (Å²) < 4.78 is 39.8. The molecular weight excluding hydrogens is 805 g/mol. The molecule has 0 radical (unpaired) electrons. The lowest BCUT2D eigenvalue weighted by Gasteiger charge is -2.37. The average Bonchev–Trinajstić information content (AvgIpc) is 3.77. The van der Waals surface area contributed by atoms with Gasteiger partial charge in [-0.15, -0.1) is 0 Å². The second-order valence-corrected chi connectivity index (χ2v) is 21.1. The second-order valence-electron chi connectivity index (χ2n) is 16.2. The van der Waals surface area contributed by atoms with Gasteiger partial charge in [0.15, 0.2) is 31.3 Å². The van der Waals surface area contributed by atoms with E-state index >= 15 is 0 Å². The number of nitrogens with zero attached hydrogens (tertiary/aromatic N) is 4. The summed E-state index contributed by atoms with van der Waals surface area (Å²) in [6.45, 7) is 15.0. The van der Waals surface area contributed by atoms with E-state index in [0.717, 1.165) is 12.1 Å². The lowest BCUT2D eigenvalue weighted by molar-refractivity contribution is -0.385. The Labute approximate surface area is 349 Å². The van der Waals surface area contributed by atoms with E-state index in [0.29, 0.717) is 19.3 Å². The maximum absolute atomic E-state index is 14.1. The van der Waals surface area contributed by atoms with E-state index in [1.807, 2.05) is 6.92 Å². The number of rotatable bonds is 18. The standard InChI is InChI=1S/C40H56N4O15Si/c1-11-26-15-28(58-24(2)45)21-41(26)38(47)30-17-34(53-7)36(19-32(30)43(49)50)55-13-12-14-56-37-20-33(44(51)52)31(18-35(37)54-8)39(48)42-22-29(59-25(3)46)16-27(42)23-57-60(9,10)40(4,5)6/h17-20,26-29H,11-16,21-23H2,1-10H3/t26-,27+,28-,29-/m1/s1. The first-order valence-electron chi connectivity index (χ1n) is 19.7. The summed E-state index contributed by atoms with van der Waals surface area (Å²) in [4.78, 5) is 77.2. The van der Waals surface area contributed by atoms with Gasteiger partial charge in [0.25, 0.3) is 23.2 Å². The van der Waals surface area contributed by atoms with Gasteiger partial charge in [-0.05, 0) is 24.6 Å². The van der Waals surface area contributed by atoms with E-state index in [1.54, 1.807) is 0 Å². The molecule has 0 unspecified atom stereocenters. The van der Waals surface area contributed by atoms with Crippen LogP contribution in [0.15, 0.2) is 24.3 Å². The minimum absolute atomic E-state index is 0.00559. The van der Waals surface area contributed by atoms with Gasteiger partial charge in [-0.2, -0.15) is 0 Å². The number of hydrogen-bond acceptors (Lipinski definition) is 15. The quantitative estimate of drug-likeness (QED) is 0.0543. The highest BCUT2D eigenvalue weighted by molar-refractivity contribution is 6.74. The van der Waals surface area contributed by atoms with Crippen LogP contribution in [0.3, 0.4) is 0 Å². The Morgan fingerprint density at radius 1 is 0.733 bits per heavy atom. The number of benzene rings is 2. The van der Waals surface area contributed by atoms with Crippen molar-refractivity contribution in [3.05, 3.63) is 55.6 Å². The van der Waals surface area contributed by atoms with Crippen LogP contribution in [0.4, 0.5) is 11.4 Å². The van der Waals surface area contributed by atoms with Crippen molar-refractivity contribution in [3.8, 4) is 23.0 Å². The second kappa shape index (κ2) is 19.7. The van der Waals surface area contributed by atoms with Gasteiger partial charge in [0.1, 0.15) is 23.3 Å². The molecule has 19 nitrogen and oxygen atoms in total. The van der Waals surface area contributed by atoms with Crippen LogP contribution in [0.2, 0.25) is 18.1 Å². The zero-order valence-electron chi connectivity index (χ0n) is 35.9. The van der Waals surface area contributed by atoms with Crippen molar-refractivity contribution in [1.82, 2.24) is 9.80 Å². The number of likely N-dealkylation sites (tertiary alicyclic amines) is 2. The molecule has 60 heavy (non-hydrogen) atoms. The number of ether oxygens (including phenoxy) is 6. The molecule has 2 amide bonds. The van der Waals surface area contributed by atoms with Crippen LogP contribution in [-0.2, 0) is 23.5 Å². The highest BCUT2D eigenvalue weighted by atomic mass is 28.4. The summed E-state index contributed by atoms with van der Waals surface area (Å²) in [5.74, 6) is -2.17. The normalized spacial score (nSPS) is 19.1. The number of hydrogen-bond donors (Lipinski definition) is 0. The minimum atomic E-state index is -2.25. The van der Waals surface area contributed by atoms with E-state index in [1.165, 1.54) is 50.0 Å². The zero-order chi connectivity index (χ0) is 44.7. The van der Waals surface area contributed by atoms with Gasteiger partial charge in [-0.1, -0.05) is 27.7 Å². The van der Waals surface area contributed by atoms with Crippen molar-refractivity contribution < 1.29 is 61.9 Å². The van der Waals surface area contributed by atoms with Gasteiger partial charge < -0.3 is 42.6 Å². The fourth-order valence-electron chi connectivity index (χ4n) is 6.97. The zero-order valence-corrected chi connectivity index (χ0v) is 36.9. The van der Waals surface area contributed by atoms with Crippen LogP contribution in [0.25, 0.3) is 0 Å². The molecule has 2 aromatic carbocycles. The van der Waals surface area contributed by atoms with Gasteiger partial charge >= 0.3 is 11.9 Å². The molecule has 20 heteroatoms. The van der Waals surface area contributed by atoms with E-state index in [2.05, 4.69) is 33.9 Å². The van der Waals surface area contributed by atoms with Crippen LogP contribution in [0.1, 0.15) is 87.9 Å². The maximum atomic E-state index is 14.1. The molecule has 4 atom stereocenters. The number of amides is 2. The van der Waals surface area contributed by atoms with E-state index in [-0.39, 0.29) is 84.5 Å². The molecular formula is C40H56N4O15Si. The Balaban J connectivity index is 1.48. The molecule has 4 rings (SSSR count). The number of carbonyl (C=O) groups excluding carboxylic acids is 4. The molecule has 2 aliphatic rings. The SMILES string of the molecule is CC[C@@H]1C[C@@H](OC(C)=O)CN1C(=O)c1cc(OC)c(OCCCOc2cc([N+](=O)[O-])c(C(=O)N3C[C@H](OC(C)=O)C[C@H]3CO[Si](C)(C)C(C)(C)C)cc2OC)cc1[N+](=O)[O-]. The summed E-state index contributed by atoms with van der Waals surface area (Å²) in [5, 5.41) is 24.4. The predicted octanol–water partition coefficient (Wildman–Crippen LogP) is 6.09. The number of nitro groups is 2. The van der Waals surface area contributed by atoms with Crippen molar-refractivity contribution in [2.75, 3.05) is 47.1 Å². The molecule has 0 N–H and O–H groups in total. The molecule has 0 aromatic heterocycles. The van der Waals surface area contributed by atoms with Gasteiger partial charge in [0, 0.05) is 51.3 Å².